The number of nitrogens with one attached hydrogen (secondary N) is 1. The zero-order chi connectivity index (χ0) is 18.7. The van der Waals surface area contributed by atoms with E-state index >= 15 is 0 Å². The lowest BCUT2D eigenvalue weighted by Gasteiger charge is -2.24. The number of fused-ring (bicyclic) bond motifs is 2. The first-order chi connectivity index (χ1) is 13.0. The summed E-state index contributed by atoms with van der Waals surface area (Å²) in [4.78, 5) is 27.4. The van der Waals surface area contributed by atoms with Crippen LogP contribution in [0.15, 0.2) is 23.1 Å². The molecule has 5 heterocycles. The van der Waals surface area contributed by atoms with Crippen LogP contribution in [0, 0.1) is 31.5 Å². The second-order valence-corrected chi connectivity index (χ2v) is 7.48. The molecule has 2 fully saturated rings. The molecule has 0 aliphatic carbocycles. The quantitative estimate of drug-likeness (QED) is 0.730. The van der Waals surface area contributed by atoms with Crippen LogP contribution in [0.2, 0.25) is 0 Å². The number of nitrogens with zero attached hydrogens (tertiary/aromatic N) is 6. The molecule has 2 aliphatic heterocycles. The van der Waals surface area contributed by atoms with Crippen molar-refractivity contribution in [2.24, 2.45) is 11.8 Å². The van der Waals surface area contributed by atoms with E-state index < -0.39 is 11.4 Å². The minimum Gasteiger partial charge on any atom is -0.356 e. The van der Waals surface area contributed by atoms with Crippen LogP contribution in [-0.4, -0.2) is 50.7 Å². The Balaban J connectivity index is 1.38. The van der Waals surface area contributed by atoms with Gasteiger partial charge in [0.2, 0.25) is 11.8 Å². The van der Waals surface area contributed by atoms with Gasteiger partial charge in [0, 0.05) is 55.8 Å². The van der Waals surface area contributed by atoms with Crippen molar-refractivity contribution in [3.8, 4) is 0 Å². The van der Waals surface area contributed by atoms with Crippen LogP contribution in [-0.2, 0) is 0 Å². The first kappa shape index (κ1) is 16.2. The number of hydrogen-bond acceptors (Lipinski definition) is 6. The van der Waals surface area contributed by atoms with Gasteiger partial charge < -0.3 is 9.80 Å². The maximum atomic E-state index is 13.6. The highest BCUT2D eigenvalue weighted by molar-refractivity contribution is 5.52. The van der Waals surface area contributed by atoms with Crippen molar-refractivity contribution in [3.05, 3.63) is 45.9 Å². The number of aromatic nitrogens is 5. The molecule has 2 atom stereocenters. The van der Waals surface area contributed by atoms with E-state index in [1.165, 1.54) is 6.92 Å². The number of aryl methyl sites for hydroxylation is 2. The van der Waals surface area contributed by atoms with Crippen LogP contribution in [0.25, 0.3) is 5.65 Å². The zero-order valence-corrected chi connectivity index (χ0v) is 15.2. The average Bonchev–Trinajstić information content (AvgIpc) is 3.32. The second kappa shape index (κ2) is 5.77. The fourth-order valence-corrected chi connectivity index (χ4v) is 4.30. The molecule has 0 aromatic carbocycles. The predicted octanol–water partition coefficient (Wildman–Crippen LogP) is 1.14. The van der Waals surface area contributed by atoms with Crippen LogP contribution in [0.3, 0.4) is 0 Å². The maximum Gasteiger partial charge on any atom is 0.288 e. The van der Waals surface area contributed by atoms with E-state index in [-0.39, 0.29) is 5.69 Å². The molecule has 1 N–H and O–H groups in total. The van der Waals surface area contributed by atoms with Gasteiger partial charge >= 0.3 is 0 Å². The third-order valence-electron chi connectivity index (χ3n) is 5.59. The number of hydrogen-bond donors (Lipinski definition) is 1. The maximum absolute atomic E-state index is 13.6. The summed E-state index contributed by atoms with van der Waals surface area (Å²) in [6.45, 7) is 6.92. The molecule has 0 radical (unpaired) electrons. The molecule has 8 nitrogen and oxygen atoms in total. The molecule has 5 rings (SSSR count). The number of aromatic amines is 1. The van der Waals surface area contributed by atoms with E-state index in [0.29, 0.717) is 17.8 Å². The van der Waals surface area contributed by atoms with Crippen molar-refractivity contribution in [2.75, 3.05) is 36.0 Å². The Bertz CT molecular complexity index is 1080. The topological polar surface area (TPSA) is 82.4 Å². The molecule has 3 aromatic rings. The lowest BCUT2D eigenvalue weighted by atomic mass is 10.0. The Morgan fingerprint density at radius 3 is 2.52 bits per heavy atom. The Labute approximate surface area is 154 Å². The van der Waals surface area contributed by atoms with Crippen LogP contribution in [0.4, 0.5) is 16.2 Å². The summed E-state index contributed by atoms with van der Waals surface area (Å²) in [6, 6.07) is 3.98. The SMILES string of the molecule is Cc1cc(N2CC3CN(c4nc(C)c(F)c(=O)[nH]4)CC3C2)n2nccc2n1. The van der Waals surface area contributed by atoms with Gasteiger partial charge in [0.15, 0.2) is 5.65 Å². The minimum atomic E-state index is -0.805. The van der Waals surface area contributed by atoms with Crippen molar-refractivity contribution in [1.29, 1.82) is 0 Å². The number of halogens is 1. The number of anilines is 2. The summed E-state index contributed by atoms with van der Waals surface area (Å²) < 4.78 is 15.4. The summed E-state index contributed by atoms with van der Waals surface area (Å²) in [6.07, 6.45) is 1.77. The summed E-state index contributed by atoms with van der Waals surface area (Å²) >= 11 is 0. The van der Waals surface area contributed by atoms with Crippen LogP contribution >= 0.6 is 0 Å². The largest absolute Gasteiger partial charge is 0.356 e. The van der Waals surface area contributed by atoms with E-state index in [2.05, 4.69) is 35.9 Å². The van der Waals surface area contributed by atoms with E-state index in [0.717, 1.165) is 43.3 Å². The molecule has 0 amide bonds. The van der Waals surface area contributed by atoms with Gasteiger partial charge in [-0.25, -0.2) is 9.97 Å². The van der Waals surface area contributed by atoms with E-state index in [1.54, 1.807) is 6.20 Å². The van der Waals surface area contributed by atoms with Crippen molar-refractivity contribution in [3.63, 3.8) is 0 Å². The van der Waals surface area contributed by atoms with Crippen molar-refractivity contribution in [1.82, 2.24) is 24.6 Å². The van der Waals surface area contributed by atoms with E-state index in [4.69, 9.17) is 0 Å². The summed E-state index contributed by atoms with van der Waals surface area (Å²) in [5, 5.41) is 4.41. The minimum absolute atomic E-state index is 0.140. The molecule has 9 heteroatoms. The van der Waals surface area contributed by atoms with Crippen molar-refractivity contribution in [2.45, 2.75) is 13.8 Å². The first-order valence-electron chi connectivity index (χ1n) is 9.07. The highest BCUT2D eigenvalue weighted by atomic mass is 19.1. The normalized spacial score (nSPS) is 22.0. The first-order valence-corrected chi connectivity index (χ1v) is 9.07. The molecule has 2 unspecified atom stereocenters. The van der Waals surface area contributed by atoms with Gasteiger partial charge in [0.1, 0.15) is 5.82 Å². The molecular weight excluding hydrogens is 349 g/mol. The number of H-pyrrole nitrogens is 1. The van der Waals surface area contributed by atoms with E-state index in [1.807, 2.05) is 17.5 Å². The molecule has 0 spiro atoms. The smallest absolute Gasteiger partial charge is 0.288 e. The van der Waals surface area contributed by atoms with Gasteiger partial charge in [-0.2, -0.15) is 14.0 Å². The lowest BCUT2D eigenvalue weighted by molar-refractivity contribution is 0.533. The summed E-state index contributed by atoms with van der Waals surface area (Å²) in [5.41, 5.74) is 1.26. The Morgan fingerprint density at radius 2 is 1.81 bits per heavy atom. The van der Waals surface area contributed by atoms with Gasteiger partial charge in [-0.15, -0.1) is 0 Å². The van der Waals surface area contributed by atoms with Crippen molar-refractivity contribution >= 4 is 17.4 Å². The lowest BCUT2D eigenvalue weighted by Crippen LogP contribution is -2.32. The molecule has 0 saturated carbocycles. The van der Waals surface area contributed by atoms with Gasteiger partial charge in [-0.3, -0.25) is 9.78 Å². The highest BCUT2D eigenvalue weighted by Gasteiger charge is 2.41. The predicted molar refractivity (Wildman–Crippen MR) is 98.7 cm³/mol. The van der Waals surface area contributed by atoms with Gasteiger partial charge in [0.05, 0.1) is 11.9 Å². The fourth-order valence-electron chi connectivity index (χ4n) is 4.30. The Morgan fingerprint density at radius 1 is 1.11 bits per heavy atom. The average molecular weight is 369 g/mol. The molecule has 2 aliphatic rings. The molecule has 27 heavy (non-hydrogen) atoms. The Kier molecular flexibility index (Phi) is 3.46. The summed E-state index contributed by atoms with van der Waals surface area (Å²) in [7, 11) is 0. The van der Waals surface area contributed by atoms with Gasteiger partial charge in [-0.1, -0.05) is 0 Å². The second-order valence-electron chi connectivity index (χ2n) is 7.48. The molecule has 140 valence electrons. The number of rotatable bonds is 2. The zero-order valence-electron chi connectivity index (χ0n) is 15.2. The van der Waals surface area contributed by atoms with Crippen LogP contribution in [0.5, 0.6) is 0 Å². The van der Waals surface area contributed by atoms with Crippen LogP contribution in [0.1, 0.15) is 11.4 Å². The van der Waals surface area contributed by atoms with Gasteiger partial charge in [-0.05, 0) is 13.8 Å². The third kappa shape index (κ3) is 2.56. The highest BCUT2D eigenvalue weighted by Crippen LogP contribution is 2.35. The summed E-state index contributed by atoms with van der Waals surface area (Å²) in [5.74, 6) is 1.64. The van der Waals surface area contributed by atoms with E-state index in [9.17, 15) is 9.18 Å². The molecular formula is C18H20FN7O. The van der Waals surface area contributed by atoms with Gasteiger partial charge in [0.25, 0.3) is 5.56 Å². The third-order valence-corrected chi connectivity index (χ3v) is 5.59. The molecule has 2 saturated heterocycles. The van der Waals surface area contributed by atoms with Crippen molar-refractivity contribution < 1.29 is 4.39 Å². The van der Waals surface area contributed by atoms with Crippen LogP contribution < -0.4 is 15.4 Å². The molecule has 3 aromatic heterocycles. The Hall–Kier alpha value is -2.97. The fraction of sp³-hybridized carbons (Fsp3) is 0.444. The molecule has 0 bridgehead atoms. The standard InChI is InChI=1S/C18H20FN7O/c1-10-5-15(26-14(21-10)3-4-20-26)24-6-12-8-25(9-13(12)7-24)18-22-11(2)16(19)17(27)23-18/h3-5,12-13H,6-9H2,1-2H3,(H,22,23,27). The monoisotopic (exact) mass is 369 g/mol.